The van der Waals surface area contributed by atoms with Crippen LogP contribution in [0, 0.1) is 11.6 Å². The Kier molecular flexibility index (Phi) is 4.64. The second-order valence-electron chi connectivity index (χ2n) is 6.51. The largest absolute Gasteiger partial charge is 0.337 e. The summed E-state index contributed by atoms with van der Waals surface area (Å²) in [5, 5.41) is 4.32. The Balaban J connectivity index is 1.63. The zero-order valence-corrected chi connectivity index (χ0v) is 13.9. The van der Waals surface area contributed by atoms with Crippen LogP contribution in [0.25, 0.3) is 0 Å². The number of carbonyl (C=O) groups excluding carboxylic acids is 1. The minimum atomic E-state index is -0.827. The van der Waals surface area contributed by atoms with Crippen LogP contribution in [0.4, 0.5) is 8.78 Å². The second-order valence-corrected chi connectivity index (χ2v) is 6.51. The summed E-state index contributed by atoms with van der Waals surface area (Å²) in [7, 11) is 0. The highest BCUT2D eigenvalue weighted by Gasteiger charge is 2.26. The zero-order chi connectivity index (χ0) is 17.3. The fourth-order valence-electron chi connectivity index (χ4n) is 3.08. The van der Waals surface area contributed by atoms with Crippen molar-refractivity contribution in [1.29, 1.82) is 0 Å². The van der Waals surface area contributed by atoms with E-state index >= 15 is 0 Å². The summed E-state index contributed by atoms with van der Waals surface area (Å²) < 4.78 is 28.2. The van der Waals surface area contributed by atoms with Crippen LogP contribution < -0.4 is 0 Å². The van der Waals surface area contributed by atoms with Gasteiger partial charge in [-0.15, -0.1) is 0 Å². The molecule has 0 radical (unpaired) electrons. The van der Waals surface area contributed by atoms with Crippen molar-refractivity contribution in [2.75, 3.05) is 13.1 Å². The van der Waals surface area contributed by atoms with Gasteiger partial charge in [-0.25, -0.2) is 8.78 Å². The number of nitrogens with zero attached hydrogens (tertiary/aromatic N) is 3. The molecule has 1 fully saturated rings. The molecule has 0 spiro atoms. The van der Waals surface area contributed by atoms with Crippen LogP contribution in [-0.2, 0) is 0 Å². The van der Waals surface area contributed by atoms with Crippen molar-refractivity contribution >= 4 is 5.91 Å². The molecule has 2 aromatic rings. The molecule has 0 atom stereocenters. The number of hydrogen-bond donors (Lipinski definition) is 0. The van der Waals surface area contributed by atoms with Gasteiger partial charge < -0.3 is 4.90 Å². The predicted octanol–water partition coefficient (Wildman–Crippen LogP) is 3.76. The molecule has 0 aliphatic carbocycles. The van der Waals surface area contributed by atoms with Crippen LogP contribution in [0.15, 0.2) is 30.5 Å². The van der Waals surface area contributed by atoms with Gasteiger partial charge in [-0.3, -0.25) is 9.48 Å². The van der Waals surface area contributed by atoms with E-state index in [1.54, 1.807) is 21.7 Å². The van der Waals surface area contributed by atoms with Crippen molar-refractivity contribution in [3.8, 4) is 0 Å². The lowest BCUT2D eigenvalue weighted by Crippen LogP contribution is -2.38. The van der Waals surface area contributed by atoms with Crippen LogP contribution in [0.3, 0.4) is 0 Å². The molecule has 0 N–H and O–H groups in total. The fraction of sp³-hybridized carbons (Fsp3) is 0.444. The van der Waals surface area contributed by atoms with Gasteiger partial charge in [0.25, 0.3) is 5.91 Å². The summed E-state index contributed by atoms with van der Waals surface area (Å²) in [4.78, 5) is 14.3. The Morgan fingerprint density at radius 1 is 1.17 bits per heavy atom. The van der Waals surface area contributed by atoms with E-state index < -0.39 is 11.6 Å². The van der Waals surface area contributed by atoms with Gasteiger partial charge in [0.05, 0.1) is 0 Å². The van der Waals surface area contributed by atoms with Crippen molar-refractivity contribution in [2.45, 2.75) is 38.6 Å². The minimum Gasteiger partial charge on any atom is -0.337 e. The quantitative estimate of drug-likeness (QED) is 0.858. The molecule has 4 nitrogen and oxygen atoms in total. The number of halogens is 2. The predicted molar refractivity (Wildman–Crippen MR) is 86.8 cm³/mol. The van der Waals surface area contributed by atoms with E-state index in [4.69, 9.17) is 0 Å². The van der Waals surface area contributed by atoms with Crippen molar-refractivity contribution < 1.29 is 13.6 Å². The molecule has 1 saturated heterocycles. The molecule has 0 unspecified atom stereocenters. The summed E-state index contributed by atoms with van der Waals surface area (Å²) in [5.74, 6) is -1.56. The Bertz CT molecular complexity index is 734. The van der Waals surface area contributed by atoms with E-state index in [0.29, 0.717) is 18.8 Å². The number of rotatable bonds is 3. The van der Waals surface area contributed by atoms with Crippen LogP contribution in [0.5, 0.6) is 0 Å². The summed E-state index contributed by atoms with van der Waals surface area (Å²) in [5.41, 5.74) is 1.25. The number of aromatic nitrogens is 2. The molecule has 3 rings (SSSR count). The lowest BCUT2D eigenvalue weighted by molar-refractivity contribution is 0.0706. The normalized spacial score (nSPS) is 16.0. The Labute approximate surface area is 140 Å². The van der Waals surface area contributed by atoms with Crippen molar-refractivity contribution in [3.05, 3.63) is 53.4 Å². The molecule has 128 valence electrons. The number of amides is 1. The van der Waals surface area contributed by atoms with Gasteiger partial charge in [-0.05, 0) is 56.4 Å². The zero-order valence-electron chi connectivity index (χ0n) is 13.9. The number of hydrogen-bond acceptors (Lipinski definition) is 2. The minimum absolute atomic E-state index is 0.0712. The number of carbonyl (C=O) groups is 1. The third-order valence-electron chi connectivity index (χ3n) is 4.55. The van der Waals surface area contributed by atoms with Crippen LogP contribution in [-0.4, -0.2) is 33.7 Å². The highest BCUT2D eigenvalue weighted by Crippen LogP contribution is 2.29. The van der Waals surface area contributed by atoms with Crippen LogP contribution in [0.2, 0.25) is 0 Å². The molecular weight excluding hydrogens is 312 g/mol. The molecule has 1 aliphatic rings. The first-order chi connectivity index (χ1) is 11.5. The van der Waals surface area contributed by atoms with Crippen LogP contribution >= 0.6 is 0 Å². The first-order valence-electron chi connectivity index (χ1n) is 8.25. The average Bonchev–Trinajstić information content (AvgIpc) is 3.07. The molecule has 1 aromatic heterocycles. The molecule has 6 heteroatoms. The van der Waals surface area contributed by atoms with Gasteiger partial charge in [0, 0.05) is 25.3 Å². The maximum absolute atomic E-state index is 13.4. The SMILES string of the molecule is CC(C)n1ccc(C(=O)N2CCC(c3ccc(F)c(F)c3)CC2)n1. The summed E-state index contributed by atoms with van der Waals surface area (Å²) in [6.45, 7) is 5.21. The van der Waals surface area contributed by atoms with Gasteiger partial charge in [0.1, 0.15) is 5.69 Å². The molecule has 2 heterocycles. The first-order valence-corrected chi connectivity index (χ1v) is 8.25. The Morgan fingerprint density at radius 3 is 2.46 bits per heavy atom. The standard InChI is InChI=1S/C18H21F2N3O/c1-12(2)23-10-7-17(21-23)18(24)22-8-5-13(6-9-22)14-3-4-15(19)16(20)11-14/h3-4,7,10-13H,5-6,8-9H2,1-2H3. The number of benzene rings is 1. The molecule has 1 amide bonds. The number of likely N-dealkylation sites (tertiary alicyclic amines) is 1. The lowest BCUT2D eigenvalue weighted by atomic mass is 9.89. The van der Waals surface area contributed by atoms with Crippen molar-refractivity contribution in [3.63, 3.8) is 0 Å². The Hall–Kier alpha value is -2.24. The van der Waals surface area contributed by atoms with Crippen molar-refractivity contribution in [2.24, 2.45) is 0 Å². The van der Waals surface area contributed by atoms with E-state index in [9.17, 15) is 13.6 Å². The second kappa shape index (κ2) is 6.71. The lowest BCUT2D eigenvalue weighted by Gasteiger charge is -2.31. The fourth-order valence-corrected chi connectivity index (χ4v) is 3.08. The van der Waals surface area contributed by atoms with E-state index in [0.717, 1.165) is 18.4 Å². The molecule has 0 bridgehead atoms. The first kappa shape index (κ1) is 16.6. The topological polar surface area (TPSA) is 38.1 Å². The van der Waals surface area contributed by atoms with Gasteiger partial charge >= 0.3 is 0 Å². The molecule has 0 saturated carbocycles. The maximum Gasteiger partial charge on any atom is 0.274 e. The summed E-state index contributed by atoms with van der Waals surface area (Å²) in [6.07, 6.45) is 3.29. The van der Waals surface area contributed by atoms with Crippen molar-refractivity contribution in [1.82, 2.24) is 14.7 Å². The summed E-state index contributed by atoms with van der Waals surface area (Å²) >= 11 is 0. The molecular formula is C18H21F2N3O. The van der Waals surface area contributed by atoms with E-state index in [-0.39, 0.29) is 17.9 Å². The highest BCUT2D eigenvalue weighted by atomic mass is 19.2. The van der Waals surface area contributed by atoms with Crippen LogP contribution in [0.1, 0.15) is 54.7 Å². The third kappa shape index (κ3) is 3.32. The molecule has 1 aromatic carbocycles. The monoisotopic (exact) mass is 333 g/mol. The van der Waals surface area contributed by atoms with E-state index in [1.165, 1.54) is 12.1 Å². The number of piperidine rings is 1. The van der Waals surface area contributed by atoms with Gasteiger partial charge in [0.15, 0.2) is 11.6 Å². The van der Waals surface area contributed by atoms with Gasteiger partial charge in [0.2, 0.25) is 0 Å². The maximum atomic E-state index is 13.4. The smallest absolute Gasteiger partial charge is 0.274 e. The van der Waals surface area contributed by atoms with E-state index in [1.807, 2.05) is 20.0 Å². The Morgan fingerprint density at radius 2 is 1.88 bits per heavy atom. The summed E-state index contributed by atoms with van der Waals surface area (Å²) in [6, 6.07) is 6.02. The highest BCUT2D eigenvalue weighted by molar-refractivity contribution is 5.92. The average molecular weight is 333 g/mol. The van der Waals surface area contributed by atoms with E-state index in [2.05, 4.69) is 5.10 Å². The molecule has 24 heavy (non-hydrogen) atoms. The van der Waals surface area contributed by atoms with Gasteiger partial charge in [-0.1, -0.05) is 6.07 Å². The third-order valence-corrected chi connectivity index (χ3v) is 4.55. The molecule has 1 aliphatic heterocycles. The van der Waals surface area contributed by atoms with Gasteiger partial charge in [-0.2, -0.15) is 5.10 Å².